The van der Waals surface area contributed by atoms with E-state index in [-0.39, 0.29) is 0 Å². The van der Waals surface area contributed by atoms with E-state index in [1.807, 2.05) is 0 Å². The molecule has 2 heterocycles. The van der Waals surface area contributed by atoms with Crippen molar-refractivity contribution in [3.05, 3.63) is 0 Å². The van der Waals surface area contributed by atoms with E-state index < -0.39 is 0 Å². The van der Waals surface area contributed by atoms with E-state index in [0.29, 0.717) is 5.41 Å². The summed E-state index contributed by atoms with van der Waals surface area (Å²) in [4.78, 5) is 2.59. The van der Waals surface area contributed by atoms with Gasteiger partial charge in [-0.1, -0.05) is 13.8 Å². The van der Waals surface area contributed by atoms with Crippen LogP contribution in [0.4, 0.5) is 0 Å². The number of rotatable bonds is 4. The average molecular weight is 197 g/mol. The highest BCUT2D eigenvalue weighted by Crippen LogP contribution is 2.38. The highest BCUT2D eigenvalue weighted by Gasteiger charge is 2.45. The molecule has 0 aromatic carbocycles. The van der Waals surface area contributed by atoms with E-state index in [1.165, 1.54) is 38.9 Å². The van der Waals surface area contributed by atoms with Crippen LogP contribution in [0.3, 0.4) is 0 Å². The maximum absolute atomic E-state index is 5.47. The molecule has 2 rings (SSSR count). The Hall–Kier alpha value is -0.0800. The predicted molar refractivity (Wildman–Crippen MR) is 58.4 cm³/mol. The normalized spacial score (nSPS) is 25.9. The fourth-order valence-corrected chi connectivity index (χ4v) is 2.68. The molecule has 2 fully saturated rings. The predicted octanol–water partition coefficient (Wildman–Crippen LogP) is 2.14. The Balaban J connectivity index is 1.58. The molecule has 2 nitrogen and oxygen atoms in total. The van der Waals surface area contributed by atoms with Crippen molar-refractivity contribution in [2.24, 2.45) is 11.3 Å². The van der Waals surface area contributed by atoms with Gasteiger partial charge in [-0.05, 0) is 31.7 Å². The van der Waals surface area contributed by atoms with Gasteiger partial charge >= 0.3 is 0 Å². The number of likely N-dealkylation sites (tertiary alicyclic amines) is 1. The molecule has 0 radical (unpaired) electrons. The van der Waals surface area contributed by atoms with E-state index >= 15 is 0 Å². The van der Waals surface area contributed by atoms with Crippen LogP contribution < -0.4 is 0 Å². The lowest BCUT2D eigenvalue weighted by Gasteiger charge is -2.47. The Bertz CT molecular complexity index is 177. The lowest BCUT2D eigenvalue weighted by molar-refractivity contribution is -0.00780. The van der Waals surface area contributed by atoms with Gasteiger partial charge in [-0.25, -0.2) is 0 Å². The molecule has 82 valence electrons. The molecule has 0 saturated carbocycles. The minimum atomic E-state index is 0.581. The lowest BCUT2D eigenvalue weighted by Crippen LogP contribution is -2.56. The molecule has 2 heteroatoms. The quantitative estimate of drug-likeness (QED) is 0.684. The van der Waals surface area contributed by atoms with E-state index in [1.54, 1.807) is 0 Å². The molecule has 2 saturated heterocycles. The third kappa shape index (κ3) is 2.29. The molecular formula is C12H23NO. The molecule has 1 spiro atoms. The van der Waals surface area contributed by atoms with Crippen LogP contribution in [0.1, 0.15) is 33.1 Å². The van der Waals surface area contributed by atoms with E-state index in [0.717, 1.165) is 19.1 Å². The molecule has 0 unspecified atom stereocenters. The van der Waals surface area contributed by atoms with Gasteiger partial charge in [0.25, 0.3) is 0 Å². The number of hydrogen-bond acceptors (Lipinski definition) is 2. The Kier molecular flexibility index (Phi) is 3.13. The Morgan fingerprint density at radius 1 is 1.36 bits per heavy atom. The molecule has 0 atom stereocenters. The molecule has 14 heavy (non-hydrogen) atoms. The van der Waals surface area contributed by atoms with Crippen LogP contribution in [-0.4, -0.2) is 37.7 Å². The van der Waals surface area contributed by atoms with Crippen molar-refractivity contribution in [3.63, 3.8) is 0 Å². The van der Waals surface area contributed by atoms with Gasteiger partial charge in [0.05, 0.1) is 6.61 Å². The van der Waals surface area contributed by atoms with Crippen LogP contribution in [0, 0.1) is 11.3 Å². The SMILES string of the molecule is CC(C)CCCN1CC2(CCOC2)C1. The number of hydrogen-bond donors (Lipinski definition) is 0. The Morgan fingerprint density at radius 2 is 2.14 bits per heavy atom. The number of nitrogens with zero attached hydrogens (tertiary/aromatic N) is 1. The van der Waals surface area contributed by atoms with Crippen LogP contribution in [0.25, 0.3) is 0 Å². The third-order valence-electron chi connectivity index (χ3n) is 3.56. The van der Waals surface area contributed by atoms with Crippen molar-refractivity contribution in [3.8, 4) is 0 Å². The zero-order valence-electron chi connectivity index (χ0n) is 9.59. The van der Waals surface area contributed by atoms with Crippen LogP contribution >= 0.6 is 0 Å². The van der Waals surface area contributed by atoms with Gasteiger partial charge in [-0.2, -0.15) is 0 Å². The molecule has 0 aromatic rings. The summed E-state index contributed by atoms with van der Waals surface area (Å²) >= 11 is 0. The zero-order valence-corrected chi connectivity index (χ0v) is 9.59. The van der Waals surface area contributed by atoms with Crippen molar-refractivity contribution in [2.75, 3.05) is 32.8 Å². The summed E-state index contributed by atoms with van der Waals surface area (Å²) in [7, 11) is 0. The van der Waals surface area contributed by atoms with Crippen molar-refractivity contribution in [1.82, 2.24) is 4.90 Å². The van der Waals surface area contributed by atoms with Gasteiger partial charge in [0.2, 0.25) is 0 Å². The van der Waals surface area contributed by atoms with Crippen molar-refractivity contribution >= 4 is 0 Å². The molecule has 0 aliphatic carbocycles. The second-order valence-corrected chi connectivity index (χ2v) is 5.55. The molecule has 2 aliphatic heterocycles. The largest absolute Gasteiger partial charge is 0.381 e. The van der Waals surface area contributed by atoms with Crippen molar-refractivity contribution in [2.45, 2.75) is 33.1 Å². The van der Waals surface area contributed by atoms with Crippen LogP contribution in [0.2, 0.25) is 0 Å². The molecule has 2 aliphatic rings. The van der Waals surface area contributed by atoms with Gasteiger partial charge in [0.15, 0.2) is 0 Å². The molecular weight excluding hydrogens is 174 g/mol. The smallest absolute Gasteiger partial charge is 0.0547 e. The summed E-state index contributed by atoms with van der Waals surface area (Å²) in [6, 6.07) is 0. The fraction of sp³-hybridized carbons (Fsp3) is 1.00. The van der Waals surface area contributed by atoms with E-state index in [4.69, 9.17) is 4.74 Å². The summed E-state index contributed by atoms with van der Waals surface area (Å²) in [5.74, 6) is 0.861. The molecule has 0 N–H and O–H groups in total. The highest BCUT2D eigenvalue weighted by atomic mass is 16.5. The van der Waals surface area contributed by atoms with Gasteiger partial charge in [0, 0.05) is 25.1 Å². The second kappa shape index (κ2) is 4.19. The first-order chi connectivity index (χ1) is 6.70. The second-order valence-electron chi connectivity index (χ2n) is 5.55. The summed E-state index contributed by atoms with van der Waals surface area (Å²) < 4.78 is 5.47. The van der Waals surface area contributed by atoms with Crippen LogP contribution in [0.15, 0.2) is 0 Å². The van der Waals surface area contributed by atoms with E-state index in [2.05, 4.69) is 18.7 Å². The molecule has 0 aromatic heterocycles. The third-order valence-corrected chi connectivity index (χ3v) is 3.56. The lowest BCUT2D eigenvalue weighted by atomic mass is 9.79. The minimum Gasteiger partial charge on any atom is -0.381 e. The highest BCUT2D eigenvalue weighted by molar-refractivity contribution is 4.97. The number of ether oxygens (including phenoxy) is 1. The van der Waals surface area contributed by atoms with Crippen LogP contribution in [0.5, 0.6) is 0 Å². The first-order valence-corrected chi connectivity index (χ1v) is 6.00. The maximum atomic E-state index is 5.47. The van der Waals surface area contributed by atoms with Crippen molar-refractivity contribution < 1.29 is 4.74 Å². The first kappa shape index (κ1) is 10.4. The van der Waals surface area contributed by atoms with Crippen molar-refractivity contribution in [1.29, 1.82) is 0 Å². The summed E-state index contributed by atoms with van der Waals surface area (Å²) in [6.45, 7) is 10.5. The molecule has 0 amide bonds. The summed E-state index contributed by atoms with van der Waals surface area (Å²) in [5.41, 5.74) is 0.581. The fourth-order valence-electron chi connectivity index (χ4n) is 2.68. The molecule has 0 bridgehead atoms. The monoisotopic (exact) mass is 197 g/mol. The average Bonchev–Trinajstić information content (AvgIpc) is 2.51. The topological polar surface area (TPSA) is 12.5 Å². The summed E-state index contributed by atoms with van der Waals surface area (Å²) in [5, 5.41) is 0. The van der Waals surface area contributed by atoms with Gasteiger partial charge in [-0.15, -0.1) is 0 Å². The summed E-state index contributed by atoms with van der Waals surface area (Å²) in [6.07, 6.45) is 4.04. The zero-order chi connectivity index (χ0) is 10.0. The Morgan fingerprint density at radius 3 is 2.71 bits per heavy atom. The Labute approximate surface area is 87.6 Å². The van der Waals surface area contributed by atoms with E-state index in [9.17, 15) is 0 Å². The van der Waals surface area contributed by atoms with Gasteiger partial charge < -0.3 is 9.64 Å². The first-order valence-electron chi connectivity index (χ1n) is 6.00. The standard InChI is InChI=1S/C12H23NO/c1-11(2)4-3-6-13-8-12(9-13)5-7-14-10-12/h11H,3-10H2,1-2H3. The van der Waals surface area contributed by atoms with Gasteiger partial charge in [0.1, 0.15) is 0 Å². The minimum absolute atomic E-state index is 0.581. The maximum Gasteiger partial charge on any atom is 0.0547 e. The van der Waals surface area contributed by atoms with Crippen LogP contribution in [-0.2, 0) is 4.74 Å². The van der Waals surface area contributed by atoms with Gasteiger partial charge in [-0.3, -0.25) is 0 Å².